The SMILES string of the molecule is CC(=O)N(c1nc(C[NH2+][C@H](C)c2ccccc2Cl)cs1)c1cccc(C)c1C. The van der Waals surface area contributed by atoms with Gasteiger partial charge in [0.2, 0.25) is 5.91 Å². The normalized spacial score (nSPS) is 12.0. The van der Waals surface area contributed by atoms with E-state index in [1.54, 1.807) is 11.8 Å². The van der Waals surface area contributed by atoms with Crippen LogP contribution in [0, 0.1) is 13.8 Å². The van der Waals surface area contributed by atoms with Crippen LogP contribution in [0.3, 0.4) is 0 Å². The minimum absolute atomic E-state index is 0.0389. The third-order valence-corrected chi connectivity index (χ3v) is 6.16. The average molecular weight is 415 g/mol. The van der Waals surface area contributed by atoms with Crippen molar-refractivity contribution in [3.63, 3.8) is 0 Å². The first-order valence-corrected chi connectivity index (χ1v) is 10.5. The van der Waals surface area contributed by atoms with E-state index in [1.807, 2.05) is 48.7 Å². The standard InChI is InChI=1S/C22H24ClN3OS/c1-14-8-7-11-21(15(14)2)26(17(4)27)22-25-18(13-28-22)12-24-16(3)19-9-5-6-10-20(19)23/h5-11,13,16,24H,12H2,1-4H3/p+1/t16-/m1/s1. The Balaban J connectivity index is 1.77. The van der Waals surface area contributed by atoms with Crippen molar-refractivity contribution >= 4 is 39.7 Å². The molecule has 0 radical (unpaired) electrons. The fourth-order valence-corrected chi connectivity index (χ4v) is 4.35. The van der Waals surface area contributed by atoms with E-state index >= 15 is 0 Å². The van der Waals surface area contributed by atoms with Crippen LogP contribution in [-0.2, 0) is 11.3 Å². The molecule has 0 saturated heterocycles. The summed E-state index contributed by atoms with van der Waals surface area (Å²) in [7, 11) is 0. The molecule has 1 aromatic heterocycles. The number of halogens is 1. The summed E-state index contributed by atoms with van der Waals surface area (Å²) in [6.45, 7) is 8.52. The number of quaternary nitrogens is 1. The molecule has 4 nitrogen and oxygen atoms in total. The molecule has 0 bridgehead atoms. The maximum atomic E-state index is 12.4. The number of nitrogens with zero attached hydrogens (tertiary/aromatic N) is 2. The van der Waals surface area contributed by atoms with Gasteiger partial charge in [0, 0.05) is 22.9 Å². The topological polar surface area (TPSA) is 49.8 Å². The number of carbonyl (C=O) groups is 1. The summed E-state index contributed by atoms with van der Waals surface area (Å²) in [4.78, 5) is 18.8. The number of benzene rings is 2. The van der Waals surface area contributed by atoms with E-state index in [0.717, 1.165) is 39.6 Å². The van der Waals surface area contributed by atoms with E-state index in [0.29, 0.717) is 5.13 Å². The number of anilines is 2. The Morgan fingerprint density at radius 1 is 1.21 bits per heavy atom. The lowest BCUT2D eigenvalue weighted by Gasteiger charge is -2.21. The Kier molecular flexibility index (Phi) is 6.50. The van der Waals surface area contributed by atoms with Gasteiger partial charge in [-0.15, -0.1) is 11.3 Å². The average Bonchev–Trinajstić information content (AvgIpc) is 3.12. The molecule has 1 heterocycles. The van der Waals surface area contributed by atoms with Crippen molar-refractivity contribution < 1.29 is 10.1 Å². The van der Waals surface area contributed by atoms with Gasteiger partial charge in [0.05, 0.1) is 5.69 Å². The molecule has 0 spiro atoms. The summed E-state index contributed by atoms with van der Waals surface area (Å²) >= 11 is 7.79. The van der Waals surface area contributed by atoms with Crippen molar-refractivity contribution in [2.24, 2.45) is 0 Å². The highest BCUT2D eigenvalue weighted by Gasteiger charge is 2.21. The highest BCUT2D eigenvalue weighted by molar-refractivity contribution is 7.14. The molecule has 0 aliphatic carbocycles. The minimum Gasteiger partial charge on any atom is -0.335 e. The fraction of sp³-hybridized carbons (Fsp3) is 0.273. The second-order valence-electron chi connectivity index (χ2n) is 6.94. The highest BCUT2D eigenvalue weighted by Crippen LogP contribution is 2.32. The van der Waals surface area contributed by atoms with Crippen molar-refractivity contribution in [3.05, 3.63) is 75.3 Å². The molecule has 0 saturated carbocycles. The van der Waals surface area contributed by atoms with Gasteiger partial charge in [-0.2, -0.15) is 0 Å². The number of rotatable bonds is 6. The summed E-state index contributed by atoms with van der Waals surface area (Å²) in [5.74, 6) is -0.0389. The molecule has 0 aliphatic heterocycles. The van der Waals surface area contributed by atoms with Crippen molar-refractivity contribution in [1.82, 2.24) is 4.98 Å². The number of amides is 1. The van der Waals surface area contributed by atoms with E-state index in [-0.39, 0.29) is 11.9 Å². The first-order valence-electron chi connectivity index (χ1n) is 9.27. The summed E-state index contributed by atoms with van der Waals surface area (Å²) in [5, 5.41) is 5.71. The fourth-order valence-electron chi connectivity index (χ4n) is 3.15. The largest absolute Gasteiger partial charge is 0.335 e. The molecule has 146 valence electrons. The minimum atomic E-state index is -0.0389. The van der Waals surface area contributed by atoms with Crippen LogP contribution in [0.2, 0.25) is 5.02 Å². The highest BCUT2D eigenvalue weighted by atomic mass is 35.5. The van der Waals surface area contributed by atoms with Crippen LogP contribution < -0.4 is 10.2 Å². The van der Waals surface area contributed by atoms with E-state index in [2.05, 4.69) is 25.2 Å². The maximum Gasteiger partial charge on any atom is 0.230 e. The number of aromatic nitrogens is 1. The third-order valence-electron chi connectivity index (χ3n) is 4.94. The van der Waals surface area contributed by atoms with Gasteiger partial charge < -0.3 is 5.32 Å². The van der Waals surface area contributed by atoms with Crippen molar-refractivity contribution in [2.45, 2.75) is 40.3 Å². The zero-order chi connectivity index (χ0) is 20.3. The molecule has 28 heavy (non-hydrogen) atoms. The number of carbonyl (C=O) groups excluding carboxylic acids is 1. The van der Waals surface area contributed by atoms with E-state index in [1.165, 1.54) is 11.3 Å². The second-order valence-corrected chi connectivity index (χ2v) is 8.19. The monoisotopic (exact) mass is 414 g/mol. The quantitative estimate of drug-likeness (QED) is 0.622. The molecule has 3 aromatic rings. The molecule has 1 amide bonds. The van der Waals surface area contributed by atoms with Crippen molar-refractivity contribution in [1.29, 1.82) is 0 Å². The van der Waals surface area contributed by atoms with Gasteiger partial charge in [0.15, 0.2) is 5.13 Å². The Morgan fingerprint density at radius 3 is 2.68 bits per heavy atom. The molecule has 0 fully saturated rings. The van der Waals surface area contributed by atoms with Gasteiger partial charge in [-0.25, -0.2) is 4.98 Å². The van der Waals surface area contributed by atoms with Gasteiger partial charge in [-0.1, -0.05) is 41.9 Å². The van der Waals surface area contributed by atoms with E-state index in [4.69, 9.17) is 16.6 Å². The van der Waals surface area contributed by atoms with Crippen LogP contribution in [0.15, 0.2) is 47.8 Å². The molecule has 2 N–H and O–H groups in total. The Hall–Kier alpha value is -2.21. The second kappa shape index (κ2) is 8.86. The molecule has 3 rings (SSSR count). The van der Waals surface area contributed by atoms with Crippen molar-refractivity contribution in [2.75, 3.05) is 4.90 Å². The Bertz CT molecular complexity index is 985. The zero-order valence-electron chi connectivity index (χ0n) is 16.6. The molecule has 6 heteroatoms. The van der Waals surface area contributed by atoms with E-state index < -0.39 is 0 Å². The lowest BCUT2D eigenvalue weighted by molar-refractivity contribution is -0.708. The molecular weight excluding hydrogens is 390 g/mol. The molecule has 1 atom stereocenters. The van der Waals surface area contributed by atoms with Crippen LogP contribution >= 0.6 is 22.9 Å². The summed E-state index contributed by atoms with van der Waals surface area (Å²) in [6, 6.07) is 14.1. The van der Waals surface area contributed by atoms with E-state index in [9.17, 15) is 4.79 Å². The Morgan fingerprint density at radius 2 is 1.96 bits per heavy atom. The number of hydrogen-bond acceptors (Lipinski definition) is 3. The number of aryl methyl sites for hydroxylation is 1. The predicted molar refractivity (Wildman–Crippen MR) is 116 cm³/mol. The molecular formula is C22H25ClN3OS+. The third kappa shape index (κ3) is 4.43. The van der Waals surface area contributed by atoms with Crippen LogP contribution in [0.1, 0.15) is 42.3 Å². The van der Waals surface area contributed by atoms with Gasteiger partial charge in [0.1, 0.15) is 18.3 Å². The van der Waals surface area contributed by atoms with Gasteiger partial charge >= 0.3 is 0 Å². The Labute approximate surface area is 175 Å². The van der Waals surface area contributed by atoms with Crippen molar-refractivity contribution in [3.8, 4) is 0 Å². The first-order chi connectivity index (χ1) is 13.4. The summed E-state index contributed by atoms with van der Waals surface area (Å²) in [5.41, 5.74) is 5.20. The predicted octanol–water partition coefficient (Wildman–Crippen LogP) is 4.92. The lowest BCUT2D eigenvalue weighted by atomic mass is 10.1. The van der Waals surface area contributed by atoms with Gasteiger partial charge in [0.25, 0.3) is 0 Å². The van der Waals surface area contributed by atoms with Gasteiger partial charge in [-0.05, 0) is 44.0 Å². The maximum absolute atomic E-state index is 12.4. The number of nitrogens with two attached hydrogens (primary N) is 1. The molecule has 0 unspecified atom stereocenters. The number of thiazole rings is 1. The molecule has 0 aliphatic rings. The zero-order valence-corrected chi connectivity index (χ0v) is 18.1. The van der Waals surface area contributed by atoms with Crippen LogP contribution in [0.4, 0.5) is 10.8 Å². The lowest BCUT2D eigenvalue weighted by Crippen LogP contribution is -2.83. The first kappa shape index (κ1) is 20.5. The van der Waals surface area contributed by atoms with Crippen LogP contribution in [-0.4, -0.2) is 10.9 Å². The molecule has 2 aromatic carbocycles. The smallest absolute Gasteiger partial charge is 0.230 e. The van der Waals surface area contributed by atoms with Crippen LogP contribution in [0.25, 0.3) is 0 Å². The summed E-state index contributed by atoms with van der Waals surface area (Å²) in [6.07, 6.45) is 0. The van der Waals surface area contributed by atoms with Gasteiger partial charge in [-0.3, -0.25) is 9.69 Å². The number of hydrogen-bond donors (Lipinski definition) is 1. The van der Waals surface area contributed by atoms with Crippen LogP contribution in [0.5, 0.6) is 0 Å². The summed E-state index contributed by atoms with van der Waals surface area (Å²) < 4.78 is 0.